The normalized spacial score (nSPS) is 9.83. The molecule has 1 N–H and O–H groups in total. The summed E-state index contributed by atoms with van der Waals surface area (Å²) in [5.41, 5.74) is 0. The topological polar surface area (TPSA) is 30.0 Å². The van der Waals surface area contributed by atoms with Crippen LogP contribution in [0.1, 0.15) is 52.4 Å². The van der Waals surface area contributed by atoms with Gasteiger partial charge in [0.05, 0.1) is 0 Å². The van der Waals surface area contributed by atoms with Crippen molar-refractivity contribution in [3.63, 3.8) is 0 Å². The third-order valence-corrected chi connectivity index (χ3v) is 2.51. The van der Waals surface area contributed by atoms with Crippen LogP contribution in [0.5, 0.6) is 0 Å². The van der Waals surface area contributed by atoms with E-state index in [1.54, 1.807) is 0 Å². The monoisotopic (exact) mass is 206 g/mol. The van der Waals surface area contributed by atoms with E-state index in [4.69, 9.17) is 0 Å². The predicted molar refractivity (Wildman–Crippen MR) is 49.3 cm³/mol. The third kappa shape index (κ3) is 13.3. The van der Waals surface area contributed by atoms with E-state index in [1.165, 1.54) is 43.3 Å². The Kier molecular flexibility index (Phi) is 14.7. The van der Waals surface area contributed by atoms with Gasteiger partial charge in [0.15, 0.2) is 0 Å². The van der Waals surface area contributed by atoms with Crippen molar-refractivity contribution in [1.29, 1.82) is 0 Å². The fourth-order valence-electron chi connectivity index (χ4n) is 1.21. The van der Waals surface area contributed by atoms with Gasteiger partial charge < -0.3 is 5.48 Å². The first-order valence-corrected chi connectivity index (χ1v) is 6.02. The van der Waals surface area contributed by atoms with Crippen LogP contribution in [0.2, 0.25) is 4.73 Å². The van der Waals surface area contributed by atoms with Crippen LogP contribution in [0.4, 0.5) is 0 Å². The molecule has 0 bridgehead atoms. The molecule has 0 heterocycles. The second-order valence-corrected chi connectivity index (χ2v) is 4.48. The Morgan fingerprint density at radius 3 is 1.92 bits per heavy atom. The van der Waals surface area contributed by atoms with Crippen molar-refractivity contribution in [2.45, 2.75) is 57.1 Å². The molecule has 0 saturated heterocycles. The molecule has 12 heavy (non-hydrogen) atoms. The van der Waals surface area contributed by atoms with Gasteiger partial charge in [-0.25, -0.2) is 0 Å². The minimum absolute atomic E-state index is 0. The van der Waals surface area contributed by atoms with E-state index >= 15 is 0 Å². The summed E-state index contributed by atoms with van der Waals surface area (Å²) >= 11 is 2.27. The summed E-state index contributed by atoms with van der Waals surface area (Å²) in [6, 6.07) is 0. The fourth-order valence-corrected chi connectivity index (χ4v) is 1.60. The van der Waals surface area contributed by atoms with E-state index in [0.717, 1.165) is 5.92 Å². The van der Waals surface area contributed by atoms with Gasteiger partial charge in [-0.05, 0) is 0 Å². The third-order valence-electron chi connectivity index (χ3n) is 1.96. The largest absolute Gasteiger partial charge is 0.870 e. The van der Waals surface area contributed by atoms with Crippen molar-refractivity contribution in [2.75, 3.05) is 0 Å². The molecular weight excluding hydrogens is 184 g/mol. The molecule has 0 fully saturated rings. The van der Waals surface area contributed by atoms with Gasteiger partial charge in [-0.3, -0.25) is 0 Å². The first-order chi connectivity index (χ1) is 5.27. The van der Waals surface area contributed by atoms with Crippen LogP contribution < -0.4 is 0 Å². The smallest absolute Gasteiger partial charge is 0.870 e. The SMILES string of the molecule is CC(C)CCCCCC[CH2][Ti+].[OH-]. The summed E-state index contributed by atoms with van der Waals surface area (Å²) in [7, 11) is 0. The van der Waals surface area contributed by atoms with Crippen molar-refractivity contribution < 1.29 is 25.9 Å². The van der Waals surface area contributed by atoms with E-state index in [1.807, 2.05) is 0 Å². The minimum atomic E-state index is 0. The maximum Gasteiger partial charge on any atom is -0.870 e. The second-order valence-electron chi connectivity index (χ2n) is 3.70. The van der Waals surface area contributed by atoms with Crippen LogP contribution in [0.25, 0.3) is 0 Å². The van der Waals surface area contributed by atoms with Crippen molar-refractivity contribution in [3.8, 4) is 0 Å². The van der Waals surface area contributed by atoms with Crippen LogP contribution in [0, 0.1) is 5.92 Å². The quantitative estimate of drug-likeness (QED) is 0.460. The van der Waals surface area contributed by atoms with Gasteiger partial charge in [-0.1, -0.05) is 0 Å². The van der Waals surface area contributed by atoms with Gasteiger partial charge in [0.25, 0.3) is 0 Å². The Morgan fingerprint density at radius 1 is 0.917 bits per heavy atom. The molecule has 0 aromatic rings. The zero-order valence-electron chi connectivity index (χ0n) is 8.47. The Labute approximate surface area is 89.0 Å². The van der Waals surface area contributed by atoms with Crippen LogP contribution in [-0.4, -0.2) is 5.48 Å². The standard InChI is InChI=1S/C10H21.H2O.Ti/c1-4-5-6-7-8-9-10(2)3;;/h10H,1,4-9H2,2-3H3;1H2;/q;;+1/p-1. The van der Waals surface area contributed by atoms with Crippen molar-refractivity contribution >= 4 is 0 Å². The summed E-state index contributed by atoms with van der Waals surface area (Å²) in [5.74, 6) is 0.904. The fraction of sp³-hybridized carbons (Fsp3) is 1.00. The van der Waals surface area contributed by atoms with Crippen molar-refractivity contribution in [3.05, 3.63) is 0 Å². The van der Waals surface area contributed by atoms with E-state index < -0.39 is 0 Å². The molecule has 0 spiro atoms. The van der Waals surface area contributed by atoms with E-state index in [2.05, 4.69) is 34.3 Å². The molecule has 0 aromatic carbocycles. The molecule has 1 nitrogen and oxygen atoms in total. The number of hydrogen-bond donors (Lipinski definition) is 0. The molecule has 0 aliphatic carbocycles. The van der Waals surface area contributed by atoms with E-state index in [9.17, 15) is 0 Å². The summed E-state index contributed by atoms with van der Waals surface area (Å²) in [6.07, 6.45) is 8.67. The molecule has 72 valence electrons. The molecule has 2 heteroatoms. The van der Waals surface area contributed by atoms with Gasteiger partial charge >= 0.3 is 83.5 Å². The van der Waals surface area contributed by atoms with Gasteiger partial charge in [0.1, 0.15) is 0 Å². The van der Waals surface area contributed by atoms with Crippen molar-refractivity contribution in [1.82, 2.24) is 0 Å². The van der Waals surface area contributed by atoms with Crippen LogP contribution in [-0.2, 0) is 20.4 Å². The maximum absolute atomic E-state index is 2.31. The van der Waals surface area contributed by atoms with Crippen molar-refractivity contribution in [2.24, 2.45) is 5.92 Å². The maximum atomic E-state index is 2.31. The Hall–Kier alpha value is 0.674. The molecular formula is C10H22OTi. The molecule has 0 atom stereocenters. The Balaban J connectivity index is 0. The average molecular weight is 206 g/mol. The summed E-state index contributed by atoms with van der Waals surface area (Å²) < 4.78 is 1.37. The van der Waals surface area contributed by atoms with Gasteiger partial charge in [0.2, 0.25) is 0 Å². The zero-order valence-corrected chi connectivity index (χ0v) is 10.0. The van der Waals surface area contributed by atoms with Crippen LogP contribution in [0.3, 0.4) is 0 Å². The van der Waals surface area contributed by atoms with Gasteiger partial charge in [-0.2, -0.15) is 0 Å². The van der Waals surface area contributed by atoms with E-state index in [-0.39, 0.29) is 5.48 Å². The molecule has 0 unspecified atom stereocenters. The minimum Gasteiger partial charge on any atom is -0.870 e. The summed E-state index contributed by atoms with van der Waals surface area (Å²) in [5, 5.41) is 0. The van der Waals surface area contributed by atoms with Gasteiger partial charge in [0, 0.05) is 0 Å². The average Bonchev–Trinajstić information content (AvgIpc) is 1.96. The van der Waals surface area contributed by atoms with Crippen LogP contribution >= 0.6 is 0 Å². The predicted octanol–water partition coefficient (Wildman–Crippen LogP) is 3.77. The van der Waals surface area contributed by atoms with E-state index in [0.29, 0.717) is 0 Å². The molecule has 0 aromatic heterocycles. The molecule has 0 amide bonds. The molecule has 0 aliphatic rings. The number of unbranched alkanes of at least 4 members (excludes halogenated alkanes) is 4. The molecule has 0 rings (SSSR count). The summed E-state index contributed by atoms with van der Waals surface area (Å²) in [6.45, 7) is 4.62. The van der Waals surface area contributed by atoms with Crippen LogP contribution in [0.15, 0.2) is 0 Å². The first kappa shape index (κ1) is 15.2. The van der Waals surface area contributed by atoms with Gasteiger partial charge in [-0.15, -0.1) is 0 Å². The molecule has 0 radical (unpaired) electrons. The zero-order chi connectivity index (χ0) is 8.53. The second kappa shape index (κ2) is 11.7. The summed E-state index contributed by atoms with van der Waals surface area (Å²) in [4.78, 5) is 0. The molecule has 0 saturated carbocycles. The first-order valence-electron chi connectivity index (χ1n) is 4.92. The Morgan fingerprint density at radius 2 is 1.42 bits per heavy atom. The Bertz CT molecular complexity index is 74.2. The number of hydrogen-bond acceptors (Lipinski definition) is 1. The molecule has 0 aliphatic heterocycles. The number of rotatable bonds is 7.